The monoisotopic (exact) mass is 150 g/mol. The van der Waals surface area contributed by atoms with E-state index < -0.39 is 0 Å². The van der Waals surface area contributed by atoms with E-state index in [-0.39, 0.29) is 0 Å². The smallest absolute Gasteiger partial charge is 0.198 e. The van der Waals surface area contributed by atoms with Crippen LogP contribution in [-0.4, -0.2) is 7.11 Å². The van der Waals surface area contributed by atoms with Crippen LogP contribution < -0.4 is 5.11 Å². The molecule has 0 atom stereocenters. The van der Waals surface area contributed by atoms with Crippen molar-refractivity contribution in [2.24, 2.45) is 0 Å². The van der Waals surface area contributed by atoms with Gasteiger partial charge in [0.15, 0.2) is 5.69 Å². The number of benzene rings is 1. The molecule has 58 valence electrons. The highest BCUT2D eigenvalue weighted by atomic mass is 16.5. The number of rotatable bonds is 3. The first kappa shape index (κ1) is 7.88. The Hall–Kier alpha value is -1.22. The third-order valence-corrected chi connectivity index (χ3v) is 1.44. The van der Waals surface area contributed by atoms with E-state index in [1.54, 1.807) is 13.2 Å². The summed E-state index contributed by atoms with van der Waals surface area (Å²) in [5.74, 6) is 0. The Morgan fingerprint density at radius 1 is 1.45 bits per heavy atom. The minimum atomic E-state index is 0.504. The molecule has 0 heterocycles. The fourth-order valence-electron chi connectivity index (χ4n) is 0.911. The predicted molar refractivity (Wildman–Crippen MR) is 41.1 cm³/mol. The predicted octanol–water partition coefficient (Wildman–Crippen LogP) is 0.567. The maximum absolute atomic E-state index is 8.64. The summed E-state index contributed by atoms with van der Waals surface area (Å²) < 4.78 is 4.92. The van der Waals surface area contributed by atoms with E-state index in [0.717, 1.165) is 5.56 Å². The van der Waals surface area contributed by atoms with Gasteiger partial charge in [-0.1, -0.05) is 18.2 Å². The van der Waals surface area contributed by atoms with Crippen molar-refractivity contribution in [2.45, 2.75) is 6.61 Å². The van der Waals surface area contributed by atoms with Crippen LogP contribution in [0.2, 0.25) is 0 Å². The van der Waals surface area contributed by atoms with Gasteiger partial charge in [0.05, 0.1) is 6.61 Å². The molecule has 0 aromatic heterocycles. The third kappa shape index (κ3) is 1.85. The van der Waals surface area contributed by atoms with Crippen molar-refractivity contribution in [1.29, 1.82) is 0 Å². The number of para-hydroxylation sites is 1. The summed E-state index contributed by atoms with van der Waals surface area (Å²) in [6, 6.07) is 7.42. The van der Waals surface area contributed by atoms with Gasteiger partial charge in [0.2, 0.25) is 0 Å². The van der Waals surface area contributed by atoms with E-state index in [9.17, 15) is 0 Å². The zero-order chi connectivity index (χ0) is 8.10. The Morgan fingerprint density at radius 3 is 2.82 bits per heavy atom. The maximum atomic E-state index is 8.64. The average molecular weight is 150 g/mol. The molecule has 0 spiro atoms. The van der Waals surface area contributed by atoms with Crippen LogP contribution in [0.5, 0.6) is 0 Å². The summed E-state index contributed by atoms with van der Waals surface area (Å²) in [6.07, 6.45) is 0. The summed E-state index contributed by atoms with van der Waals surface area (Å²) in [7, 11) is 1.62. The Balaban J connectivity index is 2.92. The number of nitrogens with one attached hydrogen (secondary N) is 1. The van der Waals surface area contributed by atoms with Crippen molar-refractivity contribution in [3.63, 3.8) is 0 Å². The van der Waals surface area contributed by atoms with Crippen molar-refractivity contribution in [2.75, 3.05) is 7.11 Å². The molecule has 0 radical (unpaired) electrons. The quantitative estimate of drug-likeness (QED) is 0.629. The lowest BCUT2D eigenvalue weighted by molar-refractivity contribution is -0.380. The van der Waals surface area contributed by atoms with Crippen molar-refractivity contribution in [1.82, 2.24) is 0 Å². The first-order valence-electron chi connectivity index (χ1n) is 3.35. The summed E-state index contributed by atoms with van der Waals surface area (Å²) in [5.41, 5.74) is 10.3. The molecule has 3 nitrogen and oxygen atoms in total. The average Bonchev–Trinajstić information content (AvgIpc) is 2.06. The van der Waals surface area contributed by atoms with E-state index in [2.05, 4.69) is 5.11 Å². The van der Waals surface area contributed by atoms with Crippen molar-refractivity contribution in [3.8, 4) is 0 Å². The molecular weight excluding hydrogens is 140 g/mol. The van der Waals surface area contributed by atoms with E-state index >= 15 is 0 Å². The second-order valence-corrected chi connectivity index (χ2v) is 2.20. The first-order valence-corrected chi connectivity index (χ1v) is 3.35. The van der Waals surface area contributed by atoms with E-state index in [1.807, 2.05) is 18.2 Å². The van der Waals surface area contributed by atoms with Gasteiger partial charge in [0.1, 0.15) is 0 Å². The SMILES string of the molecule is COCc1ccccc1[NH+]=[N-]. The first-order chi connectivity index (χ1) is 5.38. The molecule has 1 N–H and O–H groups in total. The molecule has 0 bridgehead atoms. The third-order valence-electron chi connectivity index (χ3n) is 1.44. The molecule has 0 aliphatic rings. The highest BCUT2D eigenvalue weighted by Gasteiger charge is 2.00. The zero-order valence-corrected chi connectivity index (χ0v) is 6.37. The van der Waals surface area contributed by atoms with Gasteiger partial charge >= 0.3 is 0 Å². The van der Waals surface area contributed by atoms with E-state index in [1.165, 1.54) is 0 Å². The van der Waals surface area contributed by atoms with E-state index in [4.69, 9.17) is 10.3 Å². The van der Waals surface area contributed by atoms with Gasteiger partial charge in [0.25, 0.3) is 0 Å². The molecule has 0 aliphatic carbocycles. The van der Waals surface area contributed by atoms with Crippen molar-refractivity contribution < 1.29 is 9.85 Å². The minimum Gasteiger partial charge on any atom is -0.502 e. The van der Waals surface area contributed by atoms with Crippen LogP contribution in [0.4, 0.5) is 5.69 Å². The Labute approximate surface area is 65.5 Å². The Kier molecular flexibility index (Phi) is 2.74. The maximum Gasteiger partial charge on any atom is 0.198 e. The van der Waals surface area contributed by atoms with Crippen LogP contribution in [-0.2, 0) is 11.3 Å². The lowest BCUT2D eigenvalue weighted by Crippen LogP contribution is -2.55. The van der Waals surface area contributed by atoms with Gasteiger partial charge < -0.3 is 10.3 Å². The summed E-state index contributed by atoms with van der Waals surface area (Å²) >= 11 is 0. The van der Waals surface area contributed by atoms with Gasteiger partial charge in [-0.3, -0.25) is 5.11 Å². The number of hydrogen-bond donors (Lipinski definition) is 1. The van der Waals surface area contributed by atoms with Crippen molar-refractivity contribution >= 4 is 5.69 Å². The lowest BCUT2D eigenvalue weighted by Gasteiger charge is -1.99. The zero-order valence-electron chi connectivity index (χ0n) is 6.37. The second kappa shape index (κ2) is 3.83. The molecule has 3 heteroatoms. The van der Waals surface area contributed by atoms with Crippen LogP contribution in [0.25, 0.3) is 5.53 Å². The molecule has 0 saturated carbocycles. The standard InChI is InChI=1S/C8H10N2O/c1-11-6-7-4-2-3-5-8(7)10-9/h2-5,10H,6H2,1H3. The Bertz CT molecular complexity index is 248. The van der Waals surface area contributed by atoms with Gasteiger partial charge in [-0.2, -0.15) is 0 Å². The normalized spacial score (nSPS) is 9.55. The minimum absolute atomic E-state index is 0.504. The largest absolute Gasteiger partial charge is 0.502 e. The van der Waals surface area contributed by atoms with Gasteiger partial charge in [0, 0.05) is 18.7 Å². The summed E-state index contributed by atoms with van der Waals surface area (Å²) in [5, 5.41) is 2.10. The topological polar surface area (TPSA) is 45.5 Å². The molecule has 1 aromatic rings. The number of nitrogens with zero attached hydrogens (tertiary/aromatic N) is 1. The number of methoxy groups -OCH3 is 1. The lowest BCUT2D eigenvalue weighted by atomic mass is 10.2. The molecule has 0 amide bonds. The number of hydrogen-bond acceptors (Lipinski definition) is 1. The number of ether oxygens (including phenoxy) is 1. The molecule has 0 unspecified atom stereocenters. The molecule has 1 rings (SSSR count). The van der Waals surface area contributed by atoms with Crippen LogP contribution in [0.15, 0.2) is 24.3 Å². The molecule has 1 aromatic carbocycles. The summed E-state index contributed by atoms with van der Waals surface area (Å²) in [4.78, 5) is 0. The molecule has 11 heavy (non-hydrogen) atoms. The van der Waals surface area contributed by atoms with Crippen LogP contribution in [0.1, 0.15) is 5.56 Å². The van der Waals surface area contributed by atoms with Gasteiger partial charge in [-0.05, 0) is 0 Å². The van der Waals surface area contributed by atoms with Crippen molar-refractivity contribution in [3.05, 3.63) is 35.4 Å². The fourth-order valence-corrected chi connectivity index (χ4v) is 0.911. The summed E-state index contributed by atoms with van der Waals surface area (Å²) in [6.45, 7) is 0.504. The van der Waals surface area contributed by atoms with Gasteiger partial charge in [-0.25, -0.2) is 0 Å². The molecule has 0 saturated heterocycles. The van der Waals surface area contributed by atoms with Crippen LogP contribution in [0.3, 0.4) is 0 Å². The highest BCUT2D eigenvalue weighted by molar-refractivity contribution is 5.37. The van der Waals surface area contributed by atoms with E-state index in [0.29, 0.717) is 12.3 Å². The fraction of sp³-hybridized carbons (Fsp3) is 0.250. The molecular formula is C8H10N2O. The van der Waals surface area contributed by atoms with Gasteiger partial charge in [-0.15, -0.1) is 0 Å². The molecule has 0 fully saturated rings. The van der Waals surface area contributed by atoms with Crippen LogP contribution in [0, 0.1) is 0 Å². The Morgan fingerprint density at radius 2 is 2.18 bits per heavy atom. The van der Waals surface area contributed by atoms with Crippen LogP contribution >= 0.6 is 0 Å². The second-order valence-electron chi connectivity index (χ2n) is 2.20. The molecule has 0 aliphatic heterocycles. The highest BCUT2D eigenvalue weighted by Crippen LogP contribution is 2.08.